The van der Waals surface area contributed by atoms with Gasteiger partial charge in [0, 0.05) is 25.4 Å². The number of aliphatic hydroxyl groups excluding tert-OH is 1. The first-order valence-corrected chi connectivity index (χ1v) is 8.27. The third-order valence-electron chi connectivity index (χ3n) is 4.79. The summed E-state index contributed by atoms with van der Waals surface area (Å²) in [5.41, 5.74) is 1.11. The lowest BCUT2D eigenvalue weighted by Crippen LogP contribution is -2.16. The van der Waals surface area contributed by atoms with E-state index in [-0.39, 0.29) is 30.3 Å². The normalized spacial score (nSPS) is 27.4. The molecule has 2 aliphatic rings. The highest BCUT2D eigenvalue weighted by Gasteiger charge is 2.33. The monoisotopic (exact) mass is 320 g/mol. The van der Waals surface area contributed by atoms with Crippen molar-refractivity contribution >= 4 is 5.78 Å². The number of hydrogen-bond acceptors (Lipinski definition) is 5. The standard InChI is InChI=1S/C18H24O5/c1-21-17-3-2-12(10-18(17)23-15-5-7-22-11-15)14-8-13(4-6-19)16(20)9-14/h2-3,10,13-15,19H,4-9,11H2,1H3/t13?,14-,15+/m0/s1. The molecule has 1 aromatic rings. The zero-order valence-electron chi connectivity index (χ0n) is 13.5. The van der Waals surface area contributed by atoms with Gasteiger partial charge in [0.1, 0.15) is 11.9 Å². The van der Waals surface area contributed by atoms with E-state index < -0.39 is 0 Å². The molecule has 1 aliphatic heterocycles. The number of carbonyl (C=O) groups is 1. The van der Waals surface area contributed by atoms with Crippen LogP contribution in [0, 0.1) is 5.92 Å². The largest absolute Gasteiger partial charge is 0.493 e. The summed E-state index contributed by atoms with van der Waals surface area (Å²) in [6, 6.07) is 5.91. The van der Waals surface area contributed by atoms with Gasteiger partial charge in [0.2, 0.25) is 0 Å². The van der Waals surface area contributed by atoms with Gasteiger partial charge in [-0.1, -0.05) is 6.07 Å². The third-order valence-corrected chi connectivity index (χ3v) is 4.79. The van der Waals surface area contributed by atoms with Crippen LogP contribution in [0.2, 0.25) is 0 Å². The van der Waals surface area contributed by atoms with Crippen molar-refractivity contribution in [1.29, 1.82) is 0 Å². The predicted molar refractivity (Wildman–Crippen MR) is 85.0 cm³/mol. The number of benzene rings is 1. The lowest BCUT2D eigenvalue weighted by molar-refractivity contribution is -0.121. The Morgan fingerprint density at radius 2 is 2.22 bits per heavy atom. The van der Waals surface area contributed by atoms with Crippen LogP contribution in [-0.4, -0.2) is 43.9 Å². The maximum atomic E-state index is 12.1. The number of Topliss-reactive ketones (excluding diaryl/α,β-unsaturated/α-hetero) is 1. The number of rotatable bonds is 6. The van der Waals surface area contributed by atoms with Gasteiger partial charge in [0.15, 0.2) is 11.5 Å². The summed E-state index contributed by atoms with van der Waals surface area (Å²) in [5.74, 6) is 1.87. The number of methoxy groups -OCH3 is 1. The quantitative estimate of drug-likeness (QED) is 0.871. The third kappa shape index (κ3) is 3.67. The molecule has 1 heterocycles. The maximum Gasteiger partial charge on any atom is 0.161 e. The van der Waals surface area contributed by atoms with Crippen LogP contribution < -0.4 is 9.47 Å². The zero-order chi connectivity index (χ0) is 16.2. The van der Waals surface area contributed by atoms with Gasteiger partial charge in [-0.3, -0.25) is 4.79 Å². The number of carbonyl (C=O) groups excluding carboxylic acids is 1. The predicted octanol–water partition coefficient (Wildman–Crippen LogP) is 2.31. The van der Waals surface area contributed by atoms with Gasteiger partial charge < -0.3 is 19.3 Å². The van der Waals surface area contributed by atoms with Crippen molar-refractivity contribution in [2.24, 2.45) is 5.92 Å². The molecule has 5 nitrogen and oxygen atoms in total. The summed E-state index contributed by atoms with van der Waals surface area (Å²) < 4.78 is 16.8. The maximum absolute atomic E-state index is 12.1. The van der Waals surface area contributed by atoms with Crippen molar-refractivity contribution in [3.63, 3.8) is 0 Å². The molecular formula is C18H24O5. The van der Waals surface area contributed by atoms with Gasteiger partial charge in [-0.15, -0.1) is 0 Å². The highest BCUT2D eigenvalue weighted by Crippen LogP contribution is 2.40. The average Bonchev–Trinajstić information content (AvgIpc) is 3.18. The second-order valence-electron chi connectivity index (χ2n) is 6.33. The van der Waals surface area contributed by atoms with Gasteiger partial charge in [0.25, 0.3) is 0 Å². The fraction of sp³-hybridized carbons (Fsp3) is 0.611. The van der Waals surface area contributed by atoms with Crippen LogP contribution in [0.15, 0.2) is 18.2 Å². The molecule has 3 atom stereocenters. The Balaban J connectivity index is 1.76. The van der Waals surface area contributed by atoms with Crippen molar-refractivity contribution in [3.05, 3.63) is 23.8 Å². The number of ketones is 1. The van der Waals surface area contributed by atoms with Crippen LogP contribution in [0.5, 0.6) is 11.5 Å². The second kappa shape index (κ2) is 7.32. The molecule has 0 spiro atoms. The molecule has 0 aromatic heterocycles. The summed E-state index contributed by atoms with van der Waals surface area (Å²) in [4.78, 5) is 12.1. The molecule has 2 fully saturated rings. The molecule has 1 N–H and O–H groups in total. The van der Waals surface area contributed by atoms with E-state index in [1.807, 2.05) is 18.2 Å². The highest BCUT2D eigenvalue weighted by atomic mass is 16.6. The van der Waals surface area contributed by atoms with E-state index in [0.29, 0.717) is 25.2 Å². The number of ether oxygens (including phenoxy) is 3. The lowest BCUT2D eigenvalue weighted by Gasteiger charge is -2.18. The fourth-order valence-corrected chi connectivity index (χ4v) is 3.48. The van der Waals surface area contributed by atoms with Crippen LogP contribution in [0.1, 0.15) is 37.2 Å². The summed E-state index contributed by atoms with van der Waals surface area (Å²) in [6.07, 6.45) is 2.86. The Bertz CT molecular complexity index is 550. The molecule has 1 saturated heterocycles. The first-order chi connectivity index (χ1) is 11.2. The van der Waals surface area contributed by atoms with Crippen molar-refractivity contribution in [2.45, 2.75) is 37.7 Å². The Morgan fingerprint density at radius 1 is 1.35 bits per heavy atom. The number of hydrogen-bond donors (Lipinski definition) is 1. The minimum atomic E-state index is -0.0142. The van der Waals surface area contributed by atoms with E-state index in [0.717, 1.165) is 30.8 Å². The Hall–Kier alpha value is -1.59. The second-order valence-corrected chi connectivity index (χ2v) is 6.33. The Labute approximate surface area is 136 Å². The first-order valence-electron chi connectivity index (χ1n) is 8.27. The molecule has 1 aromatic carbocycles. The first kappa shape index (κ1) is 16.3. The smallest absolute Gasteiger partial charge is 0.161 e. The van der Waals surface area contributed by atoms with Crippen LogP contribution in [0.3, 0.4) is 0 Å². The van der Waals surface area contributed by atoms with E-state index in [4.69, 9.17) is 19.3 Å². The van der Waals surface area contributed by atoms with E-state index in [2.05, 4.69) is 0 Å². The summed E-state index contributed by atoms with van der Waals surface area (Å²) in [7, 11) is 1.63. The molecular weight excluding hydrogens is 296 g/mol. The van der Waals surface area contributed by atoms with Crippen molar-refractivity contribution in [1.82, 2.24) is 0 Å². The average molecular weight is 320 g/mol. The van der Waals surface area contributed by atoms with Crippen LogP contribution in [-0.2, 0) is 9.53 Å². The molecule has 0 amide bonds. The molecule has 126 valence electrons. The molecule has 3 rings (SSSR count). The van der Waals surface area contributed by atoms with Gasteiger partial charge >= 0.3 is 0 Å². The summed E-state index contributed by atoms with van der Waals surface area (Å²) in [6.45, 7) is 1.41. The SMILES string of the molecule is COc1ccc([C@@H]2CC(=O)C(CCO)C2)cc1O[C@@H]1CCOC1. The van der Waals surface area contributed by atoms with E-state index >= 15 is 0 Å². The summed E-state index contributed by atoms with van der Waals surface area (Å²) >= 11 is 0. The van der Waals surface area contributed by atoms with E-state index in [1.165, 1.54) is 0 Å². The minimum absolute atomic E-state index is 0.0142. The van der Waals surface area contributed by atoms with Crippen molar-refractivity contribution in [3.8, 4) is 11.5 Å². The topological polar surface area (TPSA) is 65.0 Å². The van der Waals surface area contributed by atoms with Gasteiger partial charge in [-0.05, 0) is 36.5 Å². The minimum Gasteiger partial charge on any atom is -0.493 e. The lowest BCUT2D eigenvalue weighted by atomic mass is 9.95. The Kier molecular flexibility index (Phi) is 5.18. The van der Waals surface area contributed by atoms with Gasteiger partial charge in [-0.2, -0.15) is 0 Å². The molecule has 0 radical (unpaired) electrons. The molecule has 1 aliphatic carbocycles. The molecule has 23 heavy (non-hydrogen) atoms. The van der Waals surface area contributed by atoms with Crippen molar-refractivity contribution in [2.75, 3.05) is 26.9 Å². The Morgan fingerprint density at radius 3 is 2.91 bits per heavy atom. The molecule has 5 heteroatoms. The highest BCUT2D eigenvalue weighted by molar-refractivity contribution is 5.84. The molecule has 1 saturated carbocycles. The molecule has 0 bridgehead atoms. The number of aliphatic hydroxyl groups is 1. The van der Waals surface area contributed by atoms with Gasteiger partial charge in [-0.25, -0.2) is 0 Å². The summed E-state index contributed by atoms with van der Waals surface area (Å²) in [5, 5.41) is 9.07. The zero-order valence-corrected chi connectivity index (χ0v) is 13.5. The van der Waals surface area contributed by atoms with E-state index in [1.54, 1.807) is 7.11 Å². The van der Waals surface area contributed by atoms with Crippen molar-refractivity contribution < 1.29 is 24.1 Å². The van der Waals surface area contributed by atoms with Crippen LogP contribution >= 0.6 is 0 Å². The molecule has 1 unspecified atom stereocenters. The van der Waals surface area contributed by atoms with Crippen LogP contribution in [0.25, 0.3) is 0 Å². The van der Waals surface area contributed by atoms with E-state index in [9.17, 15) is 4.79 Å². The van der Waals surface area contributed by atoms with Crippen LogP contribution in [0.4, 0.5) is 0 Å². The van der Waals surface area contributed by atoms with Gasteiger partial charge in [0.05, 0.1) is 20.3 Å². The fourth-order valence-electron chi connectivity index (χ4n) is 3.48.